The standard InChI is InChI=1S/C15H18N2O3S/c1-2-17(9-10-5-4-8-20-10)15-16-13-11(14(18)19)6-3-7-12(13)21-15/h4-5,8,11H,2-3,6-7,9H2,1H3,(H,18,19). The summed E-state index contributed by atoms with van der Waals surface area (Å²) in [6.45, 7) is 3.54. The number of hydrogen-bond donors (Lipinski definition) is 1. The van der Waals surface area contributed by atoms with Gasteiger partial charge in [0.05, 0.1) is 18.5 Å². The maximum Gasteiger partial charge on any atom is 0.312 e. The molecule has 0 spiro atoms. The topological polar surface area (TPSA) is 66.6 Å². The number of fused-ring (bicyclic) bond motifs is 1. The van der Waals surface area contributed by atoms with Crippen LogP contribution in [0.2, 0.25) is 0 Å². The first kappa shape index (κ1) is 14.1. The van der Waals surface area contributed by atoms with E-state index in [4.69, 9.17) is 4.42 Å². The Balaban J connectivity index is 1.86. The average Bonchev–Trinajstić information content (AvgIpc) is 3.12. The number of nitrogens with zero attached hydrogens (tertiary/aromatic N) is 2. The van der Waals surface area contributed by atoms with Crippen molar-refractivity contribution in [3.63, 3.8) is 0 Å². The van der Waals surface area contributed by atoms with Crippen LogP contribution in [0.15, 0.2) is 22.8 Å². The minimum atomic E-state index is -0.762. The molecule has 1 atom stereocenters. The number of carbonyl (C=O) groups is 1. The third-order valence-corrected chi connectivity index (χ3v) is 5.01. The number of furan rings is 1. The first-order chi connectivity index (χ1) is 10.2. The number of aromatic nitrogens is 1. The predicted octanol–water partition coefficient (Wildman–Crippen LogP) is 3.27. The fourth-order valence-corrected chi connectivity index (χ4v) is 3.91. The van der Waals surface area contributed by atoms with Gasteiger partial charge in [-0.2, -0.15) is 0 Å². The molecule has 0 aromatic carbocycles. The van der Waals surface area contributed by atoms with Crippen molar-refractivity contribution in [2.45, 2.75) is 38.6 Å². The Labute approximate surface area is 127 Å². The van der Waals surface area contributed by atoms with E-state index < -0.39 is 11.9 Å². The molecule has 1 N–H and O–H groups in total. The monoisotopic (exact) mass is 306 g/mol. The van der Waals surface area contributed by atoms with Gasteiger partial charge in [0, 0.05) is 11.4 Å². The van der Waals surface area contributed by atoms with Crippen molar-refractivity contribution < 1.29 is 14.3 Å². The predicted molar refractivity (Wildman–Crippen MR) is 80.9 cm³/mol. The molecule has 1 aliphatic carbocycles. The van der Waals surface area contributed by atoms with Crippen LogP contribution in [-0.2, 0) is 17.8 Å². The van der Waals surface area contributed by atoms with Gasteiger partial charge in [-0.05, 0) is 38.3 Å². The minimum absolute atomic E-state index is 0.443. The molecule has 21 heavy (non-hydrogen) atoms. The average molecular weight is 306 g/mol. The normalized spacial score (nSPS) is 17.5. The van der Waals surface area contributed by atoms with Gasteiger partial charge < -0.3 is 14.4 Å². The maximum absolute atomic E-state index is 11.4. The third kappa shape index (κ3) is 2.81. The van der Waals surface area contributed by atoms with Crippen molar-refractivity contribution in [2.75, 3.05) is 11.4 Å². The van der Waals surface area contributed by atoms with Crippen molar-refractivity contribution in [1.82, 2.24) is 4.98 Å². The molecule has 0 aliphatic heterocycles. The van der Waals surface area contributed by atoms with E-state index in [2.05, 4.69) is 16.8 Å². The molecule has 2 heterocycles. The lowest BCUT2D eigenvalue weighted by atomic mass is 9.91. The van der Waals surface area contributed by atoms with Crippen LogP contribution in [0.4, 0.5) is 5.13 Å². The number of aliphatic carboxylic acids is 1. The van der Waals surface area contributed by atoms with Gasteiger partial charge in [-0.25, -0.2) is 4.98 Å². The largest absolute Gasteiger partial charge is 0.481 e. The Morgan fingerprint density at radius 1 is 1.62 bits per heavy atom. The molecule has 0 saturated carbocycles. The van der Waals surface area contributed by atoms with Gasteiger partial charge in [-0.15, -0.1) is 11.3 Å². The lowest BCUT2D eigenvalue weighted by Crippen LogP contribution is -2.22. The van der Waals surface area contributed by atoms with Crippen molar-refractivity contribution in [1.29, 1.82) is 0 Å². The molecule has 0 radical (unpaired) electrons. The molecule has 112 valence electrons. The SMILES string of the molecule is CCN(Cc1ccco1)c1nc2c(s1)CCCC2C(=O)O. The molecular weight excluding hydrogens is 288 g/mol. The van der Waals surface area contributed by atoms with E-state index in [1.54, 1.807) is 17.6 Å². The van der Waals surface area contributed by atoms with Crippen molar-refractivity contribution in [3.05, 3.63) is 34.7 Å². The molecule has 0 amide bonds. The fraction of sp³-hybridized carbons (Fsp3) is 0.467. The highest BCUT2D eigenvalue weighted by Gasteiger charge is 2.30. The molecule has 2 aromatic rings. The Hall–Kier alpha value is -1.82. The maximum atomic E-state index is 11.4. The van der Waals surface area contributed by atoms with Gasteiger partial charge in [0.25, 0.3) is 0 Å². The van der Waals surface area contributed by atoms with E-state index in [0.717, 1.165) is 40.8 Å². The third-order valence-electron chi connectivity index (χ3n) is 3.82. The molecule has 5 nitrogen and oxygen atoms in total. The quantitative estimate of drug-likeness (QED) is 0.918. The molecule has 0 saturated heterocycles. The first-order valence-corrected chi connectivity index (χ1v) is 8.00. The molecule has 0 bridgehead atoms. The summed E-state index contributed by atoms with van der Waals surface area (Å²) >= 11 is 1.62. The summed E-state index contributed by atoms with van der Waals surface area (Å²) < 4.78 is 5.39. The minimum Gasteiger partial charge on any atom is -0.481 e. The van der Waals surface area contributed by atoms with E-state index in [9.17, 15) is 9.90 Å². The number of rotatable bonds is 5. The van der Waals surface area contributed by atoms with Crippen LogP contribution < -0.4 is 4.90 Å². The molecule has 3 rings (SSSR count). The summed E-state index contributed by atoms with van der Waals surface area (Å²) in [5, 5.41) is 10.2. The molecular formula is C15H18N2O3S. The Morgan fingerprint density at radius 3 is 3.14 bits per heavy atom. The highest BCUT2D eigenvalue weighted by molar-refractivity contribution is 7.15. The summed E-state index contributed by atoms with van der Waals surface area (Å²) in [4.78, 5) is 19.2. The number of aryl methyl sites for hydroxylation is 1. The second kappa shape index (κ2) is 5.89. The molecule has 0 fully saturated rings. The second-order valence-electron chi connectivity index (χ2n) is 5.18. The number of anilines is 1. The fourth-order valence-electron chi connectivity index (χ4n) is 2.69. The Kier molecular flexibility index (Phi) is 3.96. The van der Waals surface area contributed by atoms with Crippen LogP contribution in [0, 0.1) is 0 Å². The van der Waals surface area contributed by atoms with Gasteiger partial charge in [0.15, 0.2) is 5.13 Å². The highest BCUT2D eigenvalue weighted by Crippen LogP contribution is 2.38. The van der Waals surface area contributed by atoms with Crippen LogP contribution in [0.3, 0.4) is 0 Å². The second-order valence-corrected chi connectivity index (χ2v) is 6.24. The zero-order chi connectivity index (χ0) is 14.8. The van der Waals surface area contributed by atoms with Gasteiger partial charge in [-0.1, -0.05) is 0 Å². The molecule has 6 heteroatoms. The smallest absolute Gasteiger partial charge is 0.312 e. The zero-order valence-electron chi connectivity index (χ0n) is 11.9. The van der Waals surface area contributed by atoms with E-state index >= 15 is 0 Å². The highest BCUT2D eigenvalue weighted by atomic mass is 32.1. The van der Waals surface area contributed by atoms with Crippen LogP contribution in [0.25, 0.3) is 0 Å². The summed E-state index contributed by atoms with van der Waals surface area (Å²) in [5.74, 6) is -0.317. The van der Waals surface area contributed by atoms with E-state index in [0.29, 0.717) is 13.0 Å². The number of carboxylic acids is 1. The van der Waals surface area contributed by atoms with E-state index in [1.165, 1.54) is 0 Å². The zero-order valence-corrected chi connectivity index (χ0v) is 12.7. The Bertz CT molecular complexity index is 621. The summed E-state index contributed by atoms with van der Waals surface area (Å²) in [7, 11) is 0. The number of hydrogen-bond acceptors (Lipinski definition) is 5. The summed E-state index contributed by atoms with van der Waals surface area (Å²) in [6, 6.07) is 3.81. The van der Waals surface area contributed by atoms with Crippen molar-refractivity contribution in [2.24, 2.45) is 0 Å². The van der Waals surface area contributed by atoms with Gasteiger partial charge >= 0.3 is 5.97 Å². The molecule has 1 unspecified atom stereocenters. The molecule has 2 aromatic heterocycles. The van der Waals surface area contributed by atoms with Gasteiger partial charge in [0.2, 0.25) is 0 Å². The Morgan fingerprint density at radius 2 is 2.48 bits per heavy atom. The number of carboxylic acid groups (broad SMARTS) is 1. The summed E-state index contributed by atoms with van der Waals surface area (Å²) in [5.41, 5.74) is 0.770. The number of thiazole rings is 1. The lowest BCUT2D eigenvalue weighted by molar-refractivity contribution is -0.139. The van der Waals surface area contributed by atoms with Crippen molar-refractivity contribution >= 4 is 22.4 Å². The molecule has 1 aliphatic rings. The van der Waals surface area contributed by atoms with Crippen LogP contribution in [-0.4, -0.2) is 22.6 Å². The van der Waals surface area contributed by atoms with E-state index in [-0.39, 0.29) is 0 Å². The van der Waals surface area contributed by atoms with Crippen molar-refractivity contribution in [3.8, 4) is 0 Å². The van der Waals surface area contributed by atoms with Crippen LogP contribution in [0.1, 0.15) is 42.0 Å². The van der Waals surface area contributed by atoms with Gasteiger partial charge in [0.1, 0.15) is 11.7 Å². The van der Waals surface area contributed by atoms with Crippen LogP contribution in [0.5, 0.6) is 0 Å². The first-order valence-electron chi connectivity index (χ1n) is 7.18. The van der Waals surface area contributed by atoms with Gasteiger partial charge in [-0.3, -0.25) is 4.79 Å². The lowest BCUT2D eigenvalue weighted by Gasteiger charge is -2.18. The summed E-state index contributed by atoms with van der Waals surface area (Å²) in [6.07, 6.45) is 4.22. The van der Waals surface area contributed by atoms with Crippen LogP contribution >= 0.6 is 11.3 Å². The van der Waals surface area contributed by atoms with E-state index in [1.807, 2.05) is 12.1 Å².